The SMILES string of the molecule is c1ccc(CSc2nnc(C3CC4CCC3O4)o2)cc1. The van der Waals surface area contributed by atoms with Gasteiger partial charge >= 0.3 is 0 Å². The summed E-state index contributed by atoms with van der Waals surface area (Å²) in [6, 6.07) is 10.3. The summed E-state index contributed by atoms with van der Waals surface area (Å²) in [4.78, 5) is 0. The van der Waals surface area contributed by atoms with E-state index in [1.165, 1.54) is 12.0 Å². The lowest BCUT2D eigenvalue weighted by molar-refractivity contribution is 0.0977. The average molecular weight is 288 g/mol. The lowest BCUT2D eigenvalue weighted by Crippen LogP contribution is -2.14. The molecule has 3 unspecified atom stereocenters. The van der Waals surface area contributed by atoms with Crippen molar-refractivity contribution >= 4 is 11.8 Å². The average Bonchev–Trinajstić information content (AvgIpc) is 3.22. The van der Waals surface area contributed by atoms with E-state index in [-0.39, 0.29) is 0 Å². The van der Waals surface area contributed by atoms with Crippen molar-refractivity contribution in [3.63, 3.8) is 0 Å². The molecular formula is C15H16N2O2S. The Morgan fingerprint density at radius 2 is 2.05 bits per heavy atom. The maximum absolute atomic E-state index is 5.84. The molecule has 0 saturated carbocycles. The molecule has 2 bridgehead atoms. The summed E-state index contributed by atoms with van der Waals surface area (Å²) in [6.45, 7) is 0. The van der Waals surface area contributed by atoms with Crippen LogP contribution in [0.15, 0.2) is 40.0 Å². The molecule has 2 saturated heterocycles. The van der Waals surface area contributed by atoms with Crippen molar-refractivity contribution in [3.05, 3.63) is 41.8 Å². The second kappa shape index (κ2) is 5.22. The first-order chi connectivity index (χ1) is 9.88. The van der Waals surface area contributed by atoms with Gasteiger partial charge in [0.2, 0.25) is 5.89 Å². The normalized spacial score (nSPS) is 28.1. The van der Waals surface area contributed by atoms with E-state index in [9.17, 15) is 0 Å². The molecule has 0 spiro atoms. The Morgan fingerprint density at radius 3 is 2.80 bits per heavy atom. The Morgan fingerprint density at radius 1 is 1.15 bits per heavy atom. The van der Waals surface area contributed by atoms with E-state index in [1.807, 2.05) is 18.2 Å². The maximum atomic E-state index is 5.84. The van der Waals surface area contributed by atoms with Gasteiger partial charge in [-0.1, -0.05) is 42.1 Å². The minimum atomic E-state index is 0.299. The molecule has 4 nitrogen and oxygen atoms in total. The van der Waals surface area contributed by atoms with Crippen molar-refractivity contribution < 1.29 is 9.15 Å². The van der Waals surface area contributed by atoms with Crippen LogP contribution in [-0.2, 0) is 10.5 Å². The number of nitrogens with zero attached hydrogens (tertiary/aromatic N) is 2. The minimum Gasteiger partial charge on any atom is -0.416 e. The van der Waals surface area contributed by atoms with Crippen LogP contribution >= 0.6 is 11.8 Å². The summed E-state index contributed by atoms with van der Waals surface area (Å²) in [5, 5.41) is 9.02. The monoisotopic (exact) mass is 288 g/mol. The fourth-order valence-electron chi connectivity index (χ4n) is 3.05. The number of benzene rings is 1. The fraction of sp³-hybridized carbons (Fsp3) is 0.467. The zero-order chi connectivity index (χ0) is 13.4. The number of hydrogen-bond acceptors (Lipinski definition) is 5. The molecule has 2 aliphatic rings. The van der Waals surface area contributed by atoms with Gasteiger partial charge in [0.15, 0.2) is 0 Å². The lowest BCUT2D eigenvalue weighted by Gasteiger charge is -2.13. The van der Waals surface area contributed by atoms with E-state index in [4.69, 9.17) is 9.15 Å². The quantitative estimate of drug-likeness (QED) is 0.807. The van der Waals surface area contributed by atoms with Crippen LogP contribution in [0.1, 0.15) is 36.6 Å². The van der Waals surface area contributed by atoms with Crippen molar-refractivity contribution in [3.8, 4) is 0 Å². The minimum absolute atomic E-state index is 0.299. The second-order valence-electron chi connectivity index (χ2n) is 5.40. The van der Waals surface area contributed by atoms with Crippen LogP contribution in [0.5, 0.6) is 0 Å². The molecule has 0 amide bonds. The fourth-order valence-corrected chi connectivity index (χ4v) is 3.77. The number of ether oxygens (including phenoxy) is 1. The van der Waals surface area contributed by atoms with Crippen molar-refractivity contribution in [1.29, 1.82) is 0 Å². The van der Waals surface area contributed by atoms with E-state index in [1.54, 1.807) is 11.8 Å². The zero-order valence-electron chi connectivity index (χ0n) is 11.1. The van der Waals surface area contributed by atoms with E-state index in [2.05, 4.69) is 22.3 Å². The molecule has 4 rings (SSSR count). The number of thioether (sulfide) groups is 1. The van der Waals surface area contributed by atoms with Gasteiger partial charge in [-0.05, 0) is 24.8 Å². The first-order valence-electron chi connectivity index (χ1n) is 7.04. The predicted octanol–water partition coefficient (Wildman–Crippen LogP) is 3.40. The summed E-state index contributed by atoms with van der Waals surface area (Å²) in [5.74, 6) is 1.93. The topological polar surface area (TPSA) is 48.2 Å². The molecule has 2 aromatic rings. The zero-order valence-corrected chi connectivity index (χ0v) is 11.9. The van der Waals surface area contributed by atoms with Crippen LogP contribution in [0.3, 0.4) is 0 Å². The molecular weight excluding hydrogens is 272 g/mol. The molecule has 1 aromatic carbocycles. The number of hydrogen-bond donors (Lipinski definition) is 0. The summed E-state index contributed by atoms with van der Waals surface area (Å²) >= 11 is 1.59. The summed E-state index contributed by atoms with van der Waals surface area (Å²) in [6.07, 6.45) is 4.06. The Kier molecular flexibility index (Phi) is 3.24. The van der Waals surface area contributed by atoms with Crippen LogP contribution in [0, 0.1) is 0 Å². The smallest absolute Gasteiger partial charge is 0.276 e. The predicted molar refractivity (Wildman–Crippen MR) is 75.6 cm³/mol. The molecule has 0 N–H and O–H groups in total. The van der Waals surface area contributed by atoms with Gasteiger partial charge in [-0.3, -0.25) is 0 Å². The molecule has 0 aliphatic carbocycles. The van der Waals surface area contributed by atoms with Gasteiger partial charge in [0.05, 0.1) is 18.1 Å². The molecule has 104 valence electrons. The van der Waals surface area contributed by atoms with Crippen molar-refractivity contribution in [1.82, 2.24) is 10.2 Å². The van der Waals surface area contributed by atoms with Crippen molar-refractivity contribution in [2.45, 2.75) is 48.4 Å². The van der Waals surface area contributed by atoms with Gasteiger partial charge in [0.25, 0.3) is 5.22 Å². The highest BCUT2D eigenvalue weighted by Gasteiger charge is 2.44. The van der Waals surface area contributed by atoms with Gasteiger partial charge in [0.1, 0.15) is 0 Å². The number of rotatable bonds is 4. The largest absolute Gasteiger partial charge is 0.416 e. The Bertz CT molecular complexity index is 587. The Labute approximate surface area is 121 Å². The highest BCUT2D eigenvalue weighted by molar-refractivity contribution is 7.98. The van der Waals surface area contributed by atoms with Crippen LogP contribution in [0.2, 0.25) is 0 Å². The number of fused-ring (bicyclic) bond motifs is 2. The molecule has 5 heteroatoms. The van der Waals surface area contributed by atoms with E-state index in [0.717, 1.165) is 24.5 Å². The molecule has 20 heavy (non-hydrogen) atoms. The molecule has 2 fully saturated rings. The maximum Gasteiger partial charge on any atom is 0.276 e. The van der Waals surface area contributed by atoms with Gasteiger partial charge in [-0.15, -0.1) is 10.2 Å². The standard InChI is InChI=1S/C15H16N2O2S/c1-2-4-10(5-3-1)9-20-15-17-16-14(19-15)12-8-11-6-7-13(12)18-11/h1-5,11-13H,6-9H2. The van der Waals surface area contributed by atoms with E-state index < -0.39 is 0 Å². The lowest BCUT2D eigenvalue weighted by atomic mass is 9.89. The van der Waals surface area contributed by atoms with E-state index >= 15 is 0 Å². The van der Waals surface area contributed by atoms with Crippen LogP contribution < -0.4 is 0 Å². The first kappa shape index (κ1) is 12.4. The second-order valence-corrected chi connectivity index (χ2v) is 6.32. The highest BCUT2D eigenvalue weighted by atomic mass is 32.2. The van der Waals surface area contributed by atoms with Crippen LogP contribution in [0.4, 0.5) is 0 Å². The third-order valence-electron chi connectivity index (χ3n) is 4.05. The molecule has 3 heterocycles. The van der Waals surface area contributed by atoms with Crippen LogP contribution in [0.25, 0.3) is 0 Å². The summed E-state index contributed by atoms with van der Waals surface area (Å²) in [7, 11) is 0. The highest BCUT2D eigenvalue weighted by Crippen LogP contribution is 2.44. The molecule has 1 aromatic heterocycles. The van der Waals surface area contributed by atoms with Crippen molar-refractivity contribution in [2.24, 2.45) is 0 Å². The molecule has 2 aliphatic heterocycles. The third kappa shape index (κ3) is 2.36. The third-order valence-corrected chi connectivity index (χ3v) is 4.94. The first-order valence-corrected chi connectivity index (χ1v) is 8.02. The number of aromatic nitrogens is 2. The van der Waals surface area contributed by atoms with Crippen LogP contribution in [-0.4, -0.2) is 22.4 Å². The van der Waals surface area contributed by atoms with Crippen molar-refractivity contribution in [2.75, 3.05) is 0 Å². The van der Waals surface area contributed by atoms with Gasteiger partial charge in [-0.2, -0.15) is 0 Å². The molecule has 3 atom stereocenters. The summed E-state index contributed by atoms with van der Waals surface area (Å²) in [5.41, 5.74) is 1.26. The van der Waals surface area contributed by atoms with Gasteiger partial charge < -0.3 is 9.15 Å². The Hall–Kier alpha value is -1.33. The Balaban J connectivity index is 1.41. The van der Waals surface area contributed by atoms with Gasteiger partial charge in [-0.25, -0.2) is 0 Å². The summed E-state index contributed by atoms with van der Waals surface area (Å²) < 4.78 is 11.6. The van der Waals surface area contributed by atoms with E-state index in [0.29, 0.717) is 23.3 Å². The van der Waals surface area contributed by atoms with Gasteiger partial charge in [0, 0.05) is 5.75 Å². The molecule has 0 radical (unpaired) electrons.